The van der Waals surface area contributed by atoms with Crippen molar-refractivity contribution in [3.8, 4) is 0 Å². The third-order valence-electron chi connectivity index (χ3n) is 3.82. The van der Waals surface area contributed by atoms with Gasteiger partial charge in [-0.1, -0.05) is 6.42 Å². The lowest BCUT2D eigenvalue weighted by Crippen LogP contribution is -2.46. The smallest absolute Gasteiger partial charge is 0.322 e. The third kappa shape index (κ3) is 6.53. The summed E-state index contributed by atoms with van der Waals surface area (Å²) in [5.41, 5.74) is 5.41. The molecule has 1 amide bonds. The molecule has 1 saturated carbocycles. The minimum Gasteiger partial charge on any atom is -0.481 e. The lowest BCUT2D eigenvalue weighted by atomic mass is 9.97. The van der Waals surface area contributed by atoms with Crippen LogP contribution in [0.15, 0.2) is 0 Å². The number of hydrogen-bond donors (Lipinski definition) is 3. The molecule has 0 radical (unpaired) electrons. The minimum atomic E-state index is -1.31. The number of ether oxygens (including phenoxy) is 2. The maximum Gasteiger partial charge on any atom is 0.322 e. The van der Waals surface area contributed by atoms with E-state index in [1.807, 2.05) is 0 Å². The highest BCUT2D eigenvalue weighted by Crippen LogP contribution is 2.21. The number of aliphatic carboxylic acids is 1. The van der Waals surface area contributed by atoms with Gasteiger partial charge in [-0.15, -0.1) is 0 Å². The summed E-state index contributed by atoms with van der Waals surface area (Å²) in [4.78, 5) is 46.2. The van der Waals surface area contributed by atoms with Crippen molar-refractivity contribution in [3.63, 3.8) is 0 Å². The molecule has 1 rings (SSSR count). The molecule has 0 spiro atoms. The van der Waals surface area contributed by atoms with Crippen LogP contribution in [-0.2, 0) is 28.7 Å². The highest BCUT2D eigenvalue weighted by Gasteiger charge is 2.32. The van der Waals surface area contributed by atoms with Crippen LogP contribution in [0.5, 0.6) is 0 Å². The SMILES string of the molecule is COC(=O)C(CNC(=O)[C@H](N)CC(=O)O)C(=O)OC1CCCCC1. The maximum atomic E-state index is 12.2. The summed E-state index contributed by atoms with van der Waals surface area (Å²) in [6, 6.07) is -1.27. The topological polar surface area (TPSA) is 145 Å². The van der Waals surface area contributed by atoms with Crippen molar-refractivity contribution >= 4 is 23.8 Å². The monoisotopic (exact) mass is 344 g/mol. The first-order valence-corrected chi connectivity index (χ1v) is 7.88. The first-order chi connectivity index (χ1) is 11.3. The Balaban J connectivity index is 2.57. The molecule has 1 aliphatic rings. The predicted octanol–water partition coefficient (Wildman–Crippen LogP) is -0.430. The zero-order valence-corrected chi connectivity index (χ0v) is 13.7. The fourth-order valence-electron chi connectivity index (χ4n) is 2.45. The Kier molecular flexibility index (Phi) is 8.17. The van der Waals surface area contributed by atoms with E-state index < -0.39 is 42.2 Å². The van der Waals surface area contributed by atoms with Gasteiger partial charge in [0.1, 0.15) is 6.10 Å². The molecule has 0 aromatic rings. The number of carbonyl (C=O) groups excluding carboxylic acids is 3. The molecule has 4 N–H and O–H groups in total. The van der Waals surface area contributed by atoms with Gasteiger partial charge in [0.05, 0.1) is 19.6 Å². The van der Waals surface area contributed by atoms with Crippen molar-refractivity contribution in [1.29, 1.82) is 0 Å². The number of methoxy groups -OCH3 is 1. The van der Waals surface area contributed by atoms with Crippen LogP contribution in [0.25, 0.3) is 0 Å². The Labute approximate surface area is 139 Å². The summed E-state index contributed by atoms with van der Waals surface area (Å²) in [5.74, 6) is -4.89. The van der Waals surface area contributed by atoms with E-state index in [1.165, 1.54) is 0 Å². The van der Waals surface area contributed by atoms with Crippen molar-refractivity contribution in [2.24, 2.45) is 11.7 Å². The predicted molar refractivity (Wildman–Crippen MR) is 81.7 cm³/mol. The molecule has 9 nitrogen and oxygen atoms in total. The molecule has 9 heteroatoms. The molecule has 0 aromatic carbocycles. The van der Waals surface area contributed by atoms with Crippen LogP contribution in [-0.4, -0.2) is 54.7 Å². The highest BCUT2D eigenvalue weighted by molar-refractivity contribution is 5.96. The number of hydrogen-bond acceptors (Lipinski definition) is 7. The van der Waals surface area contributed by atoms with Crippen LogP contribution in [0.3, 0.4) is 0 Å². The second-order valence-corrected chi connectivity index (χ2v) is 5.72. The molecule has 2 atom stereocenters. The number of carboxylic acids is 1. The Morgan fingerprint density at radius 2 is 1.79 bits per heavy atom. The van der Waals surface area contributed by atoms with Crippen LogP contribution in [0.4, 0.5) is 0 Å². The van der Waals surface area contributed by atoms with E-state index in [9.17, 15) is 19.2 Å². The summed E-state index contributed by atoms with van der Waals surface area (Å²) in [6.45, 7) is -0.357. The normalized spacial score (nSPS) is 17.4. The number of amides is 1. The zero-order valence-electron chi connectivity index (χ0n) is 13.7. The first-order valence-electron chi connectivity index (χ1n) is 7.88. The molecule has 24 heavy (non-hydrogen) atoms. The molecule has 0 aliphatic heterocycles. The van der Waals surface area contributed by atoms with E-state index in [0.717, 1.165) is 39.2 Å². The van der Waals surface area contributed by atoms with Crippen molar-refractivity contribution in [2.75, 3.05) is 13.7 Å². The molecule has 1 aliphatic carbocycles. The second kappa shape index (κ2) is 9.86. The van der Waals surface area contributed by atoms with Gasteiger partial charge in [-0.25, -0.2) is 0 Å². The van der Waals surface area contributed by atoms with Crippen molar-refractivity contribution in [3.05, 3.63) is 0 Å². The quantitative estimate of drug-likeness (QED) is 0.397. The highest BCUT2D eigenvalue weighted by atomic mass is 16.6. The van der Waals surface area contributed by atoms with Crippen LogP contribution in [0.1, 0.15) is 38.5 Å². The van der Waals surface area contributed by atoms with E-state index in [-0.39, 0.29) is 12.6 Å². The number of rotatable bonds is 8. The molecule has 0 bridgehead atoms. The van der Waals surface area contributed by atoms with Crippen LogP contribution in [0, 0.1) is 5.92 Å². The summed E-state index contributed by atoms with van der Waals surface area (Å²) in [7, 11) is 1.13. The van der Waals surface area contributed by atoms with Gasteiger partial charge in [0.2, 0.25) is 5.91 Å². The van der Waals surface area contributed by atoms with Gasteiger partial charge in [0.15, 0.2) is 5.92 Å². The standard InChI is InChI=1S/C15H24N2O7/c1-23-14(21)10(8-17-13(20)11(16)7-12(18)19)15(22)24-9-5-3-2-4-6-9/h9-11H,2-8,16H2,1H3,(H,17,20)(H,18,19)/t10?,11-/m1/s1. The van der Waals surface area contributed by atoms with E-state index in [0.29, 0.717) is 0 Å². The number of nitrogens with two attached hydrogens (primary N) is 1. The molecule has 1 unspecified atom stereocenters. The summed E-state index contributed by atoms with van der Waals surface area (Å²) in [6.07, 6.45) is 3.71. The van der Waals surface area contributed by atoms with E-state index in [2.05, 4.69) is 10.1 Å². The molecule has 136 valence electrons. The van der Waals surface area contributed by atoms with Crippen LogP contribution in [0.2, 0.25) is 0 Å². The van der Waals surface area contributed by atoms with Crippen molar-refractivity contribution < 1.29 is 33.8 Å². The first kappa shape index (κ1) is 19.9. The van der Waals surface area contributed by atoms with Gasteiger partial charge in [0, 0.05) is 6.54 Å². The fourth-order valence-corrected chi connectivity index (χ4v) is 2.45. The molecule has 0 aromatic heterocycles. The Bertz CT molecular complexity index is 474. The minimum absolute atomic E-state index is 0.233. The van der Waals surface area contributed by atoms with E-state index >= 15 is 0 Å². The third-order valence-corrected chi connectivity index (χ3v) is 3.82. The largest absolute Gasteiger partial charge is 0.481 e. The Morgan fingerprint density at radius 1 is 1.17 bits per heavy atom. The molecule has 0 heterocycles. The number of esters is 2. The molecular formula is C15H24N2O7. The van der Waals surface area contributed by atoms with Gasteiger partial charge in [-0.2, -0.15) is 0 Å². The lowest BCUT2D eigenvalue weighted by molar-refractivity contribution is -0.164. The molecule has 0 saturated heterocycles. The zero-order chi connectivity index (χ0) is 18.1. The van der Waals surface area contributed by atoms with Crippen molar-refractivity contribution in [2.45, 2.75) is 50.7 Å². The van der Waals surface area contributed by atoms with Gasteiger partial charge in [-0.3, -0.25) is 19.2 Å². The van der Waals surface area contributed by atoms with Gasteiger partial charge in [-0.05, 0) is 25.7 Å². The van der Waals surface area contributed by atoms with E-state index in [1.54, 1.807) is 0 Å². The van der Waals surface area contributed by atoms with Crippen LogP contribution < -0.4 is 11.1 Å². The van der Waals surface area contributed by atoms with E-state index in [4.69, 9.17) is 15.6 Å². The number of carboxylic acid groups (broad SMARTS) is 1. The lowest BCUT2D eigenvalue weighted by Gasteiger charge is -2.24. The number of carbonyl (C=O) groups is 4. The molecule has 1 fully saturated rings. The Morgan fingerprint density at radius 3 is 2.33 bits per heavy atom. The van der Waals surface area contributed by atoms with Gasteiger partial charge in [0.25, 0.3) is 0 Å². The summed E-state index contributed by atoms with van der Waals surface area (Å²) >= 11 is 0. The molecular weight excluding hydrogens is 320 g/mol. The average molecular weight is 344 g/mol. The van der Waals surface area contributed by atoms with Crippen molar-refractivity contribution in [1.82, 2.24) is 5.32 Å². The van der Waals surface area contributed by atoms with Gasteiger partial charge < -0.3 is 25.6 Å². The van der Waals surface area contributed by atoms with Gasteiger partial charge >= 0.3 is 17.9 Å². The fraction of sp³-hybridized carbons (Fsp3) is 0.733. The Hall–Kier alpha value is -2.16. The summed E-state index contributed by atoms with van der Waals surface area (Å²) in [5, 5.41) is 10.9. The number of nitrogens with one attached hydrogen (secondary N) is 1. The second-order valence-electron chi connectivity index (χ2n) is 5.72. The summed E-state index contributed by atoms with van der Waals surface area (Å²) < 4.78 is 9.88. The average Bonchev–Trinajstić information content (AvgIpc) is 2.54. The maximum absolute atomic E-state index is 12.2. The van der Waals surface area contributed by atoms with Crippen LogP contribution >= 0.6 is 0 Å².